The van der Waals surface area contributed by atoms with Gasteiger partial charge in [-0.15, -0.1) is 0 Å². The minimum Gasteiger partial charge on any atom is -0.307 e. The van der Waals surface area contributed by atoms with Crippen LogP contribution in [-0.2, 0) is 13.1 Å². The predicted molar refractivity (Wildman–Crippen MR) is 120 cm³/mol. The second-order valence-electron chi connectivity index (χ2n) is 7.73. The highest BCUT2D eigenvalue weighted by atomic mass is 16.2. The maximum Gasteiger partial charge on any atom is 0.326 e. The molecule has 0 spiro atoms. The van der Waals surface area contributed by atoms with Gasteiger partial charge in [-0.2, -0.15) is 5.10 Å². The van der Waals surface area contributed by atoms with Crippen LogP contribution in [0.3, 0.4) is 0 Å². The fraction of sp³-hybridized carbons (Fsp3) is 0.333. The minimum atomic E-state index is -0.149. The van der Waals surface area contributed by atoms with Crippen LogP contribution < -0.4 is 10.2 Å². The van der Waals surface area contributed by atoms with Crippen molar-refractivity contribution in [1.29, 1.82) is 0 Å². The molecule has 1 aromatic heterocycles. The van der Waals surface area contributed by atoms with Crippen molar-refractivity contribution in [3.8, 4) is 0 Å². The van der Waals surface area contributed by atoms with E-state index in [2.05, 4.69) is 36.4 Å². The van der Waals surface area contributed by atoms with Crippen LogP contribution in [0, 0.1) is 13.8 Å². The molecule has 0 atom stereocenters. The molecule has 5 nitrogen and oxygen atoms in total. The van der Waals surface area contributed by atoms with Crippen molar-refractivity contribution in [2.24, 2.45) is 0 Å². The monoisotopic (exact) mass is 390 g/mol. The number of hydrogen-bond donors (Lipinski definition) is 1. The topological polar surface area (TPSA) is 50.2 Å². The Morgan fingerprint density at radius 3 is 2.31 bits per heavy atom. The number of aromatic nitrogens is 2. The molecule has 1 heterocycles. The van der Waals surface area contributed by atoms with Gasteiger partial charge >= 0.3 is 6.03 Å². The Hall–Kier alpha value is -3.08. The summed E-state index contributed by atoms with van der Waals surface area (Å²) in [7, 11) is 0. The standard InChI is InChI=1S/C24H30N4O/c1-6-27-15-20(14-25-27)16-28(22-12-10-21(11-13-22)17(2)3)24(29)26-23-18(4)8-7-9-19(23)5/h7-15,17H,6,16H2,1-5H3,(H,26,29). The highest BCUT2D eigenvalue weighted by Gasteiger charge is 2.19. The third-order valence-corrected chi connectivity index (χ3v) is 5.18. The van der Waals surface area contributed by atoms with Crippen LogP contribution in [-0.4, -0.2) is 15.8 Å². The van der Waals surface area contributed by atoms with Gasteiger partial charge in [0.15, 0.2) is 0 Å². The van der Waals surface area contributed by atoms with E-state index in [4.69, 9.17) is 0 Å². The van der Waals surface area contributed by atoms with Crippen molar-refractivity contribution >= 4 is 17.4 Å². The molecular formula is C24H30N4O. The van der Waals surface area contributed by atoms with E-state index < -0.39 is 0 Å². The third kappa shape index (κ3) is 4.86. The molecule has 0 radical (unpaired) electrons. The van der Waals surface area contributed by atoms with E-state index in [1.165, 1.54) is 5.56 Å². The number of anilines is 2. The molecule has 0 fully saturated rings. The SMILES string of the molecule is CCn1cc(CN(C(=O)Nc2c(C)cccc2C)c2ccc(C(C)C)cc2)cn1. The minimum absolute atomic E-state index is 0.149. The molecule has 0 bridgehead atoms. The van der Waals surface area contributed by atoms with Crippen molar-refractivity contribution in [2.75, 3.05) is 10.2 Å². The first-order valence-corrected chi connectivity index (χ1v) is 10.1. The molecule has 152 valence electrons. The lowest BCUT2D eigenvalue weighted by atomic mass is 10.0. The Morgan fingerprint density at radius 2 is 1.76 bits per heavy atom. The molecule has 2 amide bonds. The molecule has 29 heavy (non-hydrogen) atoms. The van der Waals surface area contributed by atoms with Crippen molar-refractivity contribution in [3.05, 3.63) is 77.1 Å². The number of urea groups is 1. The van der Waals surface area contributed by atoms with Crippen LogP contribution in [0.25, 0.3) is 0 Å². The average molecular weight is 391 g/mol. The normalized spacial score (nSPS) is 11.0. The van der Waals surface area contributed by atoms with Crippen molar-refractivity contribution < 1.29 is 4.79 Å². The molecule has 0 aliphatic heterocycles. The van der Waals surface area contributed by atoms with Crippen LogP contribution in [0.2, 0.25) is 0 Å². The molecule has 5 heteroatoms. The van der Waals surface area contributed by atoms with E-state index in [1.807, 2.05) is 68.2 Å². The molecule has 2 aromatic carbocycles. The van der Waals surface area contributed by atoms with Gasteiger partial charge in [-0.3, -0.25) is 9.58 Å². The number of carbonyl (C=O) groups is 1. The summed E-state index contributed by atoms with van der Waals surface area (Å²) in [5.41, 5.74) is 6.08. The van der Waals surface area contributed by atoms with Gasteiger partial charge in [-0.1, -0.05) is 44.2 Å². The second-order valence-corrected chi connectivity index (χ2v) is 7.73. The van der Waals surface area contributed by atoms with Gasteiger partial charge in [-0.05, 0) is 55.5 Å². The third-order valence-electron chi connectivity index (χ3n) is 5.18. The van der Waals surface area contributed by atoms with Gasteiger partial charge in [0.2, 0.25) is 0 Å². The molecule has 0 saturated heterocycles. The van der Waals surface area contributed by atoms with Gasteiger partial charge in [0.1, 0.15) is 0 Å². The lowest BCUT2D eigenvalue weighted by molar-refractivity contribution is 0.256. The highest BCUT2D eigenvalue weighted by Crippen LogP contribution is 2.25. The Bertz CT molecular complexity index is 953. The Kier molecular flexibility index (Phi) is 6.37. The lowest BCUT2D eigenvalue weighted by Crippen LogP contribution is -2.34. The summed E-state index contributed by atoms with van der Waals surface area (Å²) in [5, 5.41) is 7.46. The van der Waals surface area contributed by atoms with Crippen LogP contribution in [0.1, 0.15) is 48.9 Å². The van der Waals surface area contributed by atoms with Gasteiger partial charge in [0.25, 0.3) is 0 Å². The fourth-order valence-corrected chi connectivity index (χ4v) is 3.35. The highest BCUT2D eigenvalue weighted by molar-refractivity contribution is 6.02. The second kappa shape index (κ2) is 8.95. The van der Waals surface area contributed by atoms with Crippen LogP contribution in [0.4, 0.5) is 16.2 Å². The Balaban J connectivity index is 1.91. The number of rotatable bonds is 6. The summed E-state index contributed by atoms with van der Waals surface area (Å²) in [4.78, 5) is 15.1. The van der Waals surface area contributed by atoms with Crippen LogP contribution in [0.5, 0.6) is 0 Å². The van der Waals surface area contributed by atoms with E-state index in [0.29, 0.717) is 12.5 Å². The maximum absolute atomic E-state index is 13.3. The van der Waals surface area contributed by atoms with Gasteiger partial charge in [0.05, 0.1) is 12.7 Å². The number of para-hydroxylation sites is 1. The first-order chi connectivity index (χ1) is 13.9. The van der Waals surface area contributed by atoms with E-state index in [9.17, 15) is 4.79 Å². The first kappa shape index (κ1) is 20.6. The lowest BCUT2D eigenvalue weighted by Gasteiger charge is -2.24. The van der Waals surface area contributed by atoms with Crippen molar-refractivity contribution in [3.63, 3.8) is 0 Å². The Morgan fingerprint density at radius 1 is 1.10 bits per heavy atom. The predicted octanol–water partition coefficient (Wildman–Crippen LogP) is 5.88. The molecule has 0 aliphatic rings. The molecule has 0 aliphatic carbocycles. The summed E-state index contributed by atoms with van der Waals surface area (Å²) in [6, 6.07) is 14.1. The molecule has 3 aromatic rings. The summed E-state index contributed by atoms with van der Waals surface area (Å²) >= 11 is 0. The quantitative estimate of drug-likeness (QED) is 0.571. The van der Waals surface area contributed by atoms with E-state index in [0.717, 1.165) is 34.6 Å². The molecule has 0 unspecified atom stereocenters. The largest absolute Gasteiger partial charge is 0.326 e. The first-order valence-electron chi connectivity index (χ1n) is 10.1. The average Bonchev–Trinajstić information content (AvgIpc) is 3.17. The van der Waals surface area contributed by atoms with Crippen LogP contribution >= 0.6 is 0 Å². The molecule has 1 N–H and O–H groups in total. The van der Waals surface area contributed by atoms with Crippen molar-refractivity contribution in [1.82, 2.24) is 9.78 Å². The summed E-state index contributed by atoms with van der Waals surface area (Å²) in [6.07, 6.45) is 3.81. The summed E-state index contributed by atoms with van der Waals surface area (Å²) in [6.45, 7) is 11.7. The van der Waals surface area contributed by atoms with E-state index in [-0.39, 0.29) is 6.03 Å². The number of amides is 2. The van der Waals surface area contributed by atoms with Gasteiger partial charge in [-0.25, -0.2) is 4.79 Å². The number of benzene rings is 2. The van der Waals surface area contributed by atoms with Crippen LogP contribution in [0.15, 0.2) is 54.9 Å². The zero-order valence-electron chi connectivity index (χ0n) is 17.9. The number of nitrogens with zero attached hydrogens (tertiary/aromatic N) is 3. The number of nitrogens with one attached hydrogen (secondary N) is 1. The molecular weight excluding hydrogens is 360 g/mol. The zero-order chi connectivity index (χ0) is 21.0. The molecule has 0 saturated carbocycles. The van der Waals surface area contributed by atoms with E-state index in [1.54, 1.807) is 4.90 Å². The summed E-state index contributed by atoms with van der Waals surface area (Å²) in [5.74, 6) is 0.448. The van der Waals surface area contributed by atoms with Gasteiger partial charge in [0, 0.05) is 29.7 Å². The van der Waals surface area contributed by atoms with Crippen molar-refractivity contribution in [2.45, 2.75) is 53.6 Å². The summed E-state index contributed by atoms with van der Waals surface area (Å²) < 4.78 is 1.87. The fourth-order valence-electron chi connectivity index (χ4n) is 3.35. The van der Waals surface area contributed by atoms with E-state index >= 15 is 0 Å². The maximum atomic E-state index is 13.3. The van der Waals surface area contributed by atoms with Gasteiger partial charge < -0.3 is 5.32 Å². The molecule has 3 rings (SSSR count). The number of hydrogen-bond acceptors (Lipinski definition) is 2. The Labute approximate surface area is 173 Å². The smallest absolute Gasteiger partial charge is 0.307 e. The zero-order valence-corrected chi connectivity index (χ0v) is 17.9. The number of carbonyl (C=O) groups excluding carboxylic acids is 1. The number of aryl methyl sites for hydroxylation is 3.